The molecule has 24 heavy (non-hydrogen) atoms. The molecule has 1 atom stereocenters. The van der Waals surface area contributed by atoms with Crippen LogP contribution in [0.3, 0.4) is 0 Å². The van der Waals surface area contributed by atoms with Crippen LogP contribution in [0.15, 0.2) is 59.9 Å². The van der Waals surface area contributed by atoms with Crippen molar-refractivity contribution in [2.24, 2.45) is 0 Å². The number of hydrogen-bond donors (Lipinski definition) is 2. The van der Waals surface area contributed by atoms with Crippen molar-refractivity contribution >= 4 is 29.6 Å². The average molecular weight is 347 g/mol. The van der Waals surface area contributed by atoms with Gasteiger partial charge in [-0.15, -0.1) is 0 Å². The summed E-state index contributed by atoms with van der Waals surface area (Å²) in [4.78, 5) is 25.2. The fraction of sp³-hybridized carbons (Fsp3) is 0.222. The van der Waals surface area contributed by atoms with Gasteiger partial charge in [0.1, 0.15) is 5.76 Å². The van der Waals surface area contributed by atoms with Gasteiger partial charge in [-0.1, -0.05) is 23.8 Å². The predicted octanol–water partition coefficient (Wildman–Crippen LogP) is 3.14. The van der Waals surface area contributed by atoms with Gasteiger partial charge < -0.3 is 10.4 Å². The fourth-order valence-corrected chi connectivity index (χ4v) is 2.50. The number of carbonyl (C=O) groups excluding carboxylic acids is 2. The molecule has 6 heteroatoms. The number of nitrogens with zero attached hydrogens (tertiary/aromatic N) is 1. The van der Waals surface area contributed by atoms with Crippen LogP contribution in [0.4, 0.5) is 5.69 Å². The molecule has 2 amide bonds. The van der Waals surface area contributed by atoms with Crippen molar-refractivity contribution in [3.8, 4) is 0 Å². The maximum absolute atomic E-state index is 12.7. The Hall–Kier alpha value is -2.37. The van der Waals surface area contributed by atoms with Crippen LogP contribution in [0.25, 0.3) is 0 Å². The summed E-state index contributed by atoms with van der Waals surface area (Å²) in [6, 6.07) is 5.92. The number of aliphatic hydroxyl groups is 1. The Morgan fingerprint density at radius 3 is 2.67 bits per heavy atom. The van der Waals surface area contributed by atoms with E-state index in [1.807, 2.05) is 6.08 Å². The largest absolute Gasteiger partial charge is 0.508 e. The monoisotopic (exact) mass is 346 g/mol. The number of allylic oxidation sites excluding steroid dienone is 4. The molecular weight excluding hydrogens is 328 g/mol. The molecule has 1 aromatic rings. The second kappa shape index (κ2) is 8.47. The minimum absolute atomic E-state index is 0.198. The molecule has 0 saturated heterocycles. The van der Waals surface area contributed by atoms with Crippen molar-refractivity contribution in [2.75, 3.05) is 11.9 Å². The first-order chi connectivity index (χ1) is 11.5. The van der Waals surface area contributed by atoms with Crippen LogP contribution < -0.4 is 10.2 Å². The van der Waals surface area contributed by atoms with Crippen molar-refractivity contribution in [3.05, 3.63) is 64.9 Å². The van der Waals surface area contributed by atoms with Gasteiger partial charge in [-0.3, -0.25) is 14.5 Å². The molecular formula is C18H19ClN2O3. The zero-order valence-electron chi connectivity index (χ0n) is 13.3. The van der Waals surface area contributed by atoms with Gasteiger partial charge in [-0.2, -0.15) is 0 Å². The Bertz CT molecular complexity index is 693. The zero-order valence-corrected chi connectivity index (χ0v) is 14.0. The van der Waals surface area contributed by atoms with Crippen LogP contribution in [0.2, 0.25) is 5.02 Å². The summed E-state index contributed by atoms with van der Waals surface area (Å²) in [5.41, 5.74) is 1.37. The molecule has 2 N–H and O–H groups in total. The van der Waals surface area contributed by atoms with Crippen molar-refractivity contribution in [2.45, 2.75) is 18.9 Å². The standard InChI is InChI=1S/C18H19ClN2O3/c1-20-17(11-13-3-2-4-16(23)10-5-13)18(24)21(12-22)15-8-6-14(19)7-9-15/h3-10,12,17,20,23H,2,11H2,1H3. The number of halogens is 1. The Kier molecular flexibility index (Phi) is 6.35. The number of rotatable bonds is 6. The van der Waals surface area contributed by atoms with Crippen LogP contribution in [-0.2, 0) is 9.59 Å². The molecule has 126 valence electrons. The van der Waals surface area contributed by atoms with E-state index in [0.29, 0.717) is 30.0 Å². The Morgan fingerprint density at radius 2 is 2.04 bits per heavy atom. The lowest BCUT2D eigenvalue weighted by atomic mass is 10.0. The van der Waals surface area contributed by atoms with E-state index in [1.165, 1.54) is 0 Å². The smallest absolute Gasteiger partial charge is 0.251 e. The number of hydrogen-bond acceptors (Lipinski definition) is 4. The summed E-state index contributed by atoms with van der Waals surface area (Å²) >= 11 is 5.84. The number of anilines is 1. The lowest BCUT2D eigenvalue weighted by Gasteiger charge is -2.22. The number of carbonyl (C=O) groups is 2. The highest BCUT2D eigenvalue weighted by Gasteiger charge is 2.24. The van der Waals surface area contributed by atoms with Gasteiger partial charge in [-0.05, 0) is 61.9 Å². The van der Waals surface area contributed by atoms with Gasteiger partial charge >= 0.3 is 0 Å². The molecule has 0 aliphatic heterocycles. The molecule has 1 aliphatic rings. The molecule has 0 spiro atoms. The third kappa shape index (κ3) is 4.57. The summed E-state index contributed by atoms with van der Waals surface area (Å²) in [5.74, 6) is -0.158. The van der Waals surface area contributed by atoms with E-state index in [1.54, 1.807) is 49.5 Å². The zero-order chi connectivity index (χ0) is 17.5. The third-order valence-corrected chi connectivity index (χ3v) is 3.96. The van der Waals surface area contributed by atoms with Gasteiger partial charge in [0.2, 0.25) is 6.41 Å². The molecule has 1 aromatic carbocycles. The summed E-state index contributed by atoms with van der Waals surface area (Å²) in [5, 5.41) is 13.0. The highest BCUT2D eigenvalue weighted by atomic mass is 35.5. The first-order valence-corrected chi connectivity index (χ1v) is 7.90. The lowest BCUT2D eigenvalue weighted by molar-refractivity contribution is -0.123. The molecule has 0 fully saturated rings. The van der Waals surface area contributed by atoms with Gasteiger partial charge in [0.15, 0.2) is 0 Å². The minimum Gasteiger partial charge on any atom is -0.508 e. The Morgan fingerprint density at radius 1 is 1.33 bits per heavy atom. The maximum Gasteiger partial charge on any atom is 0.251 e. The molecule has 1 unspecified atom stereocenters. The molecule has 0 saturated carbocycles. The van der Waals surface area contributed by atoms with Crippen LogP contribution >= 0.6 is 11.6 Å². The number of likely N-dealkylation sites (N-methyl/N-ethyl adjacent to an activating group) is 1. The molecule has 5 nitrogen and oxygen atoms in total. The Balaban J connectivity index is 2.15. The first-order valence-electron chi connectivity index (χ1n) is 7.52. The maximum atomic E-state index is 12.7. The van der Waals surface area contributed by atoms with Crippen LogP contribution in [0, 0.1) is 0 Å². The third-order valence-electron chi connectivity index (χ3n) is 3.71. The van der Waals surface area contributed by atoms with Crippen LogP contribution in [0.5, 0.6) is 0 Å². The van der Waals surface area contributed by atoms with E-state index in [-0.39, 0.29) is 11.7 Å². The number of benzene rings is 1. The predicted molar refractivity (Wildman–Crippen MR) is 95.0 cm³/mol. The summed E-state index contributed by atoms with van der Waals surface area (Å²) in [6.07, 6.45) is 8.48. The molecule has 0 aromatic heterocycles. The summed E-state index contributed by atoms with van der Waals surface area (Å²) in [7, 11) is 1.67. The molecule has 0 radical (unpaired) electrons. The number of imide groups is 1. The highest BCUT2D eigenvalue weighted by molar-refractivity contribution is 6.30. The van der Waals surface area contributed by atoms with E-state index in [2.05, 4.69) is 5.32 Å². The van der Waals surface area contributed by atoms with Gasteiger partial charge in [0, 0.05) is 5.02 Å². The van der Waals surface area contributed by atoms with Crippen molar-refractivity contribution < 1.29 is 14.7 Å². The molecule has 0 bridgehead atoms. The minimum atomic E-state index is -0.568. The number of amides is 2. The van der Waals surface area contributed by atoms with E-state index in [4.69, 9.17) is 11.6 Å². The number of aliphatic hydroxyl groups excluding tert-OH is 1. The Labute approximate surface area is 145 Å². The molecule has 0 heterocycles. The normalized spacial score (nSPS) is 15.1. The average Bonchev–Trinajstić information content (AvgIpc) is 2.79. The first kappa shape index (κ1) is 18.0. The van der Waals surface area contributed by atoms with Crippen molar-refractivity contribution in [1.82, 2.24) is 5.32 Å². The van der Waals surface area contributed by atoms with E-state index in [0.717, 1.165) is 10.5 Å². The fourth-order valence-electron chi connectivity index (χ4n) is 2.37. The quantitative estimate of drug-likeness (QED) is 0.776. The van der Waals surface area contributed by atoms with E-state index < -0.39 is 6.04 Å². The second-order valence-corrected chi connectivity index (χ2v) is 5.75. The summed E-state index contributed by atoms with van der Waals surface area (Å²) in [6.45, 7) is 0. The summed E-state index contributed by atoms with van der Waals surface area (Å²) < 4.78 is 0. The lowest BCUT2D eigenvalue weighted by Crippen LogP contribution is -2.45. The van der Waals surface area contributed by atoms with Crippen LogP contribution in [0.1, 0.15) is 12.8 Å². The molecule has 1 aliphatic carbocycles. The van der Waals surface area contributed by atoms with Gasteiger partial charge in [-0.25, -0.2) is 0 Å². The second-order valence-electron chi connectivity index (χ2n) is 5.31. The highest BCUT2D eigenvalue weighted by Crippen LogP contribution is 2.20. The van der Waals surface area contributed by atoms with Gasteiger partial charge in [0.25, 0.3) is 5.91 Å². The SMILES string of the molecule is CNC(CC1=CCC=C(O)C=C1)C(=O)N(C=O)c1ccc(Cl)cc1. The van der Waals surface area contributed by atoms with E-state index in [9.17, 15) is 14.7 Å². The van der Waals surface area contributed by atoms with Crippen LogP contribution in [-0.4, -0.2) is 30.5 Å². The topological polar surface area (TPSA) is 69.6 Å². The van der Waals surface area contributed by atoms with E-state index >= 15 is 0 Å². The molecule has 2 rings (SSSR count). The van der Waals surface area contributed by atoms with Crippen molar-refractivity contribution in [3.63, 3.8) is 0 Å². The number of nitrogens with one attached hydrogen (secondary N) is 1. The van der Waals surface area contributed by atoms with Gasteiger partial charge in [0.05, 0.1) is 11.7 Å². The van der Waals surface area contributed by atoms with Crippen molar-refractivity contribution in [1.29, 1.82) is 0 Å².